The summed E-state index contributed by atoms with van der Waals surface area (Å²) in [5.74, 6) is 0.101. The molecule has 0 fully saturated rings. The van der Waals surface area contributed by atoms with Crippen LogP contribution in [0.1, 0.15) is 13.8 Å². The van der Waals surface area contributed by atoms with Crippen molar-refractivity contribution in [3.8, 4) is 0 Å². The van der Waals surface area contributed by atoms with E-state index in [-0.39, 0.29) is 10.9 Å². The lowest BCUT2D eigenvalue weighted by Gasteiger charge is -2.30. The van der Waals surface area contributed by atoms with E-state index in [2.05, 4.69) is 52.7 Å². The highest BCUT2D eigenvalue weighted by molar-refractivity contribution is 9.09. The molecule has 1 aliphatic rings. The maximum atomic E-state index is 11.6. The van der Waals surface area contributed by atoms with Gasteiger partial charge in [0.05, 0.1) is 29.4 Å². The van der Waals surface area contributed by atoms with E-state index in [4.69, 9.17) is 4.74 Å². The van der Waals surface area contributed by atoms with E-state index in [9.17, 15) is 4.79 Å². The molecule has 1 amide bonds. The Bertz CT molecular complexity index is 422. The molecule has 0 aromatic rings. The van der Waals surface area contributed by atoms with Gasteiger partial charge >= 0.3 is 0 Å². The van der Waals surface area contributed by atoms with Crippen LogP contribution in [0.3, 0.4) is 0 Å². The smallest absolute Gasteiger partial charge is 0.220 e. The van der Waals surface area contributed by atoms with Crippen molar-refractivity contribution < 1.29 is 9.53 Å². The van der Waals surface area contributed by atoms with Crippen molar-refractivity contribution in [2.75, 3.05) is 33.5 Å². The van der Waals surface area contributed by atoms with Crippen LogP contribution >= 0.6 is 15.9 Å². The molecule has 0 bridgehead atoms. The van der Waals surface area contributed by atoms with Gasteiger partial charge in [-0.3, -0.25) is 4.79 Å². The van der Waals surface area contributed by atoms with Crippen molar-refractivity contribution in [1.82, 2.24) is 15.1 Å². The average molecular weight is 392 g/mol. The van der Waals surface area contributed by atoms with Crippen LogP contribution in [0.25, 0.3) is 0 Å². The summed E-state index contributed by atoms with van der Waals surface area (Å²) in [6.45, 7) is 13.4. The highest BCUT2D eigenvalue weighted by atomic mass is 79.9. The van der Waals surface area contributed by atoms with E-state index in [1.165, 1.54) is 0 Å². The molecule has 1 N–H and O–H groups in total. The van der Waals surface area contributed by atoms with Crippen LogP contribution in [0.15, 0.2) is 11.4 Å². The predicted octanol–water partition coefficient (Wildman–Crippen LogP) is 2.63. The summed E-state index contributed by atoms with van der Waals surface area (Å²) in [6.07, 6.45) is 0. The molecular weight excluding hydrogens is 362 g/mol. The van der Waals surface area contributed by atoms with Crippen molar-refractivity contribution in [3.05, 3.63) is 11.4 Å². The summed E-state index contributed by atoms with van der Waals surface area (Å²) in [5, 5.41) is 3.22. The first-order valence-corrected chi connectivity index (χ1v) is 12.4. The molecule has 0 radical (unpaired) electrons. The van der Waals surface area contributed by atoms with E-state index in [0.717, 1.165) is 24.0 Å². The summed E-state index contributed by atoms with van der Waals surface area (Å²) < 4.78 is 5.90. The fourth-order valence-corrected chi connectivity index (χ4v) is 3.38. The molecule has 1 unspecified atom stereocenters. The number of hydrogen-bond donors (Lipinski definition) is 1. The van der Waals surface area contributed by atoms with Gasteiger partial charge in [-0.2, -0.15) is 0 Å². The third-order valence-electron chi connectivity index (χ3n) is 3.79. The Morgan fingerprint density at radius 3 is 2.55 bits per heavy atom. The number of alkyl halides is 1. The minimum absolute atomic E-state index is 0.101. The fourth-order valence-electron chi connectivity index (χ4n) is 2.26. The zero-order valence-electron chi connectivity index (χ0n) is 14.7. The number of nitrogens with zero attached hydrogens (tertiary/aromatic N) is 2. The lowest BCUT2D eigenvalue weighted by molar-refractivity contribution is -0.127. The molecule has 0 saturated heterocycles. The molecule has 128 valence electrons. The van der Waals surface area contributed by atoms with E-state index < -0.39 is 8.07 Å². The fraction of sp³-hybridized carbons (Fsp3) is 0.800. The second-order valence-electron chi connectivity index (χ2n) is 6.94. The lowest BCUT2D eigenvalue weighted by atomic mass is 10.3. The number of amides is 1. The SMILES string of the molecule is CNC1=C(N(COCC[Si](C)(C)C)C(C)Br)CN(C(C)=O)C1. The van der Waals surface area contributed by atoms with E-state index >= 15 is 0 Å². The maximum absolute atomic E-state index is 11.6. The van der Waals surface area contributed by atoms with Crippen molar-refractivity contribution in [2.24, 2.45) is 0 Å². The summed E-state index contributed by atoms with van der Waals surface area (Å²) in [4.78, 5) is 15.8. The molecule has 5 nitrogen and oxygen atoms in total. The zero-order chi connectivity index (χ0) is 16.9. The number of halogens is 1. The van der Waals surface area contributed by atoms with E-state index in [1.54, 1.807) is 6.92 Å². The zero-order valence-corrected chi connectivity index (χ0v) is 17.3. The van der Waals surface area contributed by atoms with Crippen molar-refractivity contribution in [1.29, 1.82) is 0 Å². The Morgan fingerprint density at radius 1 is 1.45 bits per heavy atom. The average Bonchev–Trinajstić information content (AvgIpc) is 2.80. The first-order valence-electron chi connectivity index (χ1n) is 7.79. The Morgan fingerprint density at radius 2 is 2.09 bits per heavy atom. The Hall–Kier alpha value is -0.533. The molecule has 0 saturated carbocycles. The molecule has 1 aliphatic heterocycles. The molecule has 22 heavy (non-hydrogen) atoms. The largest absolute Gasteiger partial charge is 0.389 e. The summed E-state index contributed by atoms with van der Waals surface area (Å²) >= 11 is 3.65. The van der Waals surface area contributed by atoms with Gasteiger partial charge in [0.1, 0.15) is 6.73 Å². The first-order chi connectivity index (χ1) is 10.2. The maximum Gasteiger partial charge on any atom is 0.220 e. The van der Waals surface area contributed by atoms with Gasteiger partial charge in [-0.15, -0.1) is 0 Å². The highest BCUT2D eigenvalue weighted by Gasteiger charge is 2.28. The number of nitrogens with one attached hydrogen (secondary N) is 1. The van der Waals surface area contributed by atoms with Gasteiger partial charge in [-0.25, -0.2) is 0 Å². The number of ether oxygens (including phenoxy) is 1. The van der Waals surface area contributed by atoms with Gasteiger partial charge in [0.15, 0.2) is 0 Å². The van der Waals surface area contributed by atoms with Crippen LogP contribution in [0.5, 0.6) is 0 Å². The second kappa shape index (κ2) is 8.36. The van der Waals surface area contributed by atoms with Crippen LogP contribution in [0.4, 0.5) is 0 Å². The Kier molecular flexibility index (Phi) is 7.41. The van der Waals surface area contributed by atoms with E-state index in [1.807, 2.05) is 11.9 Å². The van der Waals surface area contributed by atoms with Crippen molar-refractivity contribution in [2.45, 2.75) is 44.5 Å². The molecule has 1 atom stereocenters. The van der Waals surface area contributed by atoms with Gasteiger partial charge < -0.3 is 19.9 Å². The Balaban J connectivity index is 2.67. The number of carbonyl (C=O) groups is 1. The van der Waals surface area contributed by atoms with Crippen LogP contribution in [-0.4, -0.2) is 62.2 Å². The lowest BCUT2D eigenvalue weighted by Crippen LogP contribution is -2.35. The molecule has 1 rings (SSSR count). The van der Waals surface area contributed by atoms with Crippen molar-refractivity contribution >= 4 is 29.9 Å². The predicted molar refractivity (Wildman–Crippen MR) is 97.5 cm³/mol. The van der Waals surface area contributed by atoms with Gasteiger partial charge in [-0.1, -0.05) is 35.6 Å². The third kappa shape index (κ3) is 5.93. The standard InChI is InChI=1S/C15H30BrN3O2Si/c1-12(16)19(11-21-7-8-22(4,5)6)15-10-18(13(2)20)9-14(15)17-3/h12,17H,7-11H2,1-6H3. The molecular formula is C15H30BrN3O2Si. The summed E-state index contributed by atoms with van der Waals surface area (Å²) in [5.41, 5.74) is 2.23. The molecule has 1 heterocycles. The summed E-state index contributed by atoms with van der Waals surface area (Å²) in [6, 6.07) is 1.16. The third-order valence-corrected chi connectivity index (χ3v) is 5.99. The van der Waals surface area contributed by atoms with Crippen LogP contribution in [0, 0.1) is 0 Å². The van der Waals surface area contributed by atoms with Crippen LogP contribution in [-0.2, 0) is 9.53 Å². The normalized spacial score (nSPS) is 17.0. The minimum Gasteiger partial charge on any atom is -0.389 e. The molecule has 0 spiro atoms. The van der Waals surface area contributed by atoms with Gasteiger partial charge in [0.2, 0.25) is 5.91 Å². The number of rotatable bonds is 8. The topological polar surface area (TPSA) is 44.8 Å². The van der Waals surface area contributed by atoms with Crippen molar-refractivity contribution in [3.63, 3.8) is 0 Å². The second-order valence-corrected chi connectivity index (χ2v) is 13.9. The number of hydrogen-bond acceptors (Lipinski definition) is 4. The number of carbonyl (C=O) groups excluding carboxylic acids is 1. The molecule has 7 heteroatoms. The quantitative estimate of drug-likeness (QED) is 0.227. The van der Waals surface area contributed by atoms with Gasteiger partial charge in [0, 0.05) is 28.7 Å². The molecule has 0 aromatic carbocycles. The van der Waals surface area contributed by atoms with Gasteiger partial charge in [0.25, 0.3) is 0 Å². The first kappa shape index (κ1) is 19.5. The molecule has 0 aliphatic carbocycles. The van der Waals surface area contributed by atoms with Crippen LogP contribution < -0.4 is 5.32 Å². The monoisotopic (exact) mass is 391 g/mol. The van der Waals surface area contributed by atoms with Gasteiger partial charge in [-0.05, 0) is 13.0 Å². The Labute approximate surface area is 144 Å². The highest BCUT2D eigenvalue weighted by Crippen LogP contribution is 2.23. The van der Waals surface area contributed by atoms with Crippen LogP contribution in [0.2, 0.25) is 25.7 Å². The molecule has 0 aromatic heterocycles. The van der Waals surface area contributed by atoms with E-state index in [0.29, 0.717) is 19.8 Å². The minimum atomic E-state index is -1.07. The summed E-state index contributed by atoms with van der Waals surface area (Å²) in [7, 11) is 0.838. The number of likely N-dealkylation sites (N-methyl/N-ethyl adjacent to an activating group) is 1.